The van der Waals surface area contributed by atoms with Crippen molar-refractivity contribution in [1.29, 1.82) is 0 Å². The zero-order valence-electron chi connectivity index (χ0n) is 12.7. The molecule has 1 saturated heterocycles. The van der Waals surface area contributed by atoms with E-state index in [1.165, 1.54) is 17.3 Å². The number of aliphatic carboxylic acids is 1. The van der Waals surface area contributed by atoms with E-state index < -0.39 is 16.8 Å². The second kappa shape index (κ2) is 7.15. The van der Waals surface area contributed by atoms with E-state index in [2.05, 4.69) is 5.32 Å². The number of carbonyl (C=O) groups is 2. The molecule has 0 aliphatic carbocycles. The summed E-state index contributed by atoms with van der Waals surface area (Å²) in [5.74, 6) is -1.30. The molecule has 2 atom stereocenters. The summed E-state index contributed by atoms with van der Waals surface area (Å²) < 4.78 is 5.18. The lowest BCUT2D eigenvalue weighted by Crippen LogP contribution is -2.50. The maximum absolute atomic E-state index is 11.9. The van der Waals surface area contributed by atoms with Crippen molar-refractivity contribution < 1.29 is 19.4 Å². The van der Waals surface area contributed by atoms with E-state index >= 15 is 0 Å². The van der Waals surface area contributed by atoms with Crippen LogP contribution in [-0.4, -0.2) is 39.8 Å². The normalized spacial score (nSPS) is 24.4. The van der Waals surface area contributed by atoms with E-state index in [0.29, 0.717) is 6.61 Å². The molecule has 1 amide bonds. The van der Waals surface area contributed by atoms with Gasteiger partial charge in [0.2, 0.25) is 5.91 Å². The van der Waals surface area contributed by atoms with Gasteiger partial charge < -0.3 is 15.2 Å². The van der Waals surface area contributed by atoms with Crippen molar-refractivity contribution >= 4 is 23.6 Å². The highest BCUT2D eigenvalue weighted by atomic mass is 32.2. The van der Waals surface area contributed by atoms with Gasteiger partial charge in [-0.3, -0.25) is 4.79 Å². The second-order valence-electron chi connectivity index (χ2n) is 5.80. The summed E-state index contributed by atoms with van der Waals surface area (Å²) in [6.45, 7) is 4.13. The summed E-state index contributed by atoms with van der Waals surface area (Å²) in [4.78, 5) is 23.2. The number of hydrogen-bond donors (Lipinski definition) is 2. The van der Waals surface area contributed by atoms with Crippen LogP contribution in [-0.2, 0) is 20.7 Å². The Morgan fingerprint density at radius 1 is 1.41 bits per heavy atom. The number of carbonyl (C=O) groups excluding carboxylic acids is 1. The maximum atomic E-state index is 11.9. The summed E-state index contributed by atoms with van der Waals surface area (Å²) in [5, 5.41) is 11.8. The molecule has 1 aliphatic rings. The number of thioether (sulfide) groups is 1. The van der Waals surface area contributed by atoms with Crippen LogP contribution in [0.4, 0.5) is 0 Å². The molecule has 120 valence electrons. The Hall–Kier alpha value is -1.53. The van der Waals surface area contributed by atoms with Crippen molar-refractivity contribution in [3.63, 3.8) is 0 Å². The molecule has 2 rings (SSSR count). The highest BCUT2D eigenvalue weighted by Gasteiger charge is 2.42. The standard InChI is InChI=1S/C16H21NO4S/c1-16(2)14(15(19)20)17-12(18)10-13(22-16)21-9-8-11-6-4-3-5-7-11/h3-7,13-14H,8-10H2,1-2H3,(H,17,18)(H,19,20). The van der Waals surface area contributed by atoms with Crippen LogP contribution in [0.15, 0.2) is 30.3 Å². The number of hydrogen-bond acceptors (Lipinski definition) is 4. The Morgan fingerprint density at radius 3 is 2.73 bits per heavy atom. The highest BCUT2D eigenvalue weighted by Crippen LogP contribution is 2.36. The predicted molar refractivity (Wildman–Crippen MR) is 85.7 cm³/mol. The van der Waals surface area contributed by atoms with Crippen LogP contribution >= 0.6 is 11.8 Å². The van der Waals surface area contributed by atoms with Gasteiger partial charge >= 0.3 is 5.97 Å². The zero-order valence-corrected chi connectivity index (χ0v) is 13.6. The van der Waals surface area contributed by atoms with Gasteiger partial charge in [-0.05, 0) is 25.8 Å². The Morgan fingerprint density at radius 2 is 2.09 bits per heavy atom. The quantitative estimate of drug-likeness (QED) is 0.867. The number of nitrogens with one attached hydrogen (secondary N) is 1. The van der Waals surface area contributed by atoms with E-state index in [4.69, 9.17) is 4.74 Å². The van der Waals surface area contributed by atoms with Gasteiger partial charge in [0.1, 0.15) is 11.5 Å². The van der Waals surface area contributed by atoms with E-state index in [1.807, 2.05) is 44.2 Å². The molecule has 2 unspecified atom stereocenters. The minimum Gasteiger partial charge on any atom is -0.480 e. The van der Waals surface area contributed by atoms with Gasteiger partial charge in [-0.15, -0.1) is 11.8 Å². The van der Waals surface area contributed by atoms with Crippen LogP contribution < -0.4 is 5.32 Å². The SMILES string of the molecule is CC1(C)SC(OCCc2ccccc2)CC(=O)NC1C(=O)O. The van der Waals surface area contributed by atoms with Crippen molar-refractivity contribution in [3.8, 4) is 0 Å². The molecule has 1 heterocycles. The van der Waals surface area contributed by atoms with Gasteiger partial charge in [-0.1, -0.05) is 30.3 Å². The third kappa shape index (κ3) is 4.48. The summed E-state index contributed by atoms with van der Waals surface area (Å²) in [5.41, 5.74) is 0.844. The topological polar surface area (TPSA) is 75.6 Å². The minimum absolute atomic E-state index is 0.173. The van der Waals surface area contributed by atoms with Crippen molar-refractivity contribution in [3.05, 3.63) is 35.9 Å². The molecule has 0 bridgehead atoms. The number of ether oxygens (including phenoxy) is 1. The summed E-state index contributed by atoms with van der Waals surface area (Å²) >= 11 is 1.40. The first-order chi connectivity index (χ1) is 10.4. The van der Waals surface area contributed by atoms with Gasteiger partial charge in [0.15, 0.2) is 0 Å². The first-order valence-corrected chi connectivity index (χ1v) is 8.12. The van der Waals surface area contributed by atoms with Crippen molar-refractivity contribution in [1.82, 2.24) is 5.32 Å². The molecule has 1 aromatic carbocycles. The van der Waals surface area contributed by atoms with Gasteiger partial charge in [0, 0.05) is 4.75 Å². The number of benzene rings is 1. The molecule has 1 fully saturated rings. The van der Waals surface area contributed by atoms with Gasteiger partial charge in [-0.2, -0.15) is 0 Å². The Balaban J connectivity index is 1.94. The van der Waals surface area contributed by atoms with Crippen LogP contribution in [0, 0.1) is 0 Å². The first-order valence-electron chi connectivity index (χ1n) is 7.24. The number of rotatable bonds is 5. The summed E-state index contributed by atoms with van der Waals surface area (Å²) in [7, 11) is 0. The van der Waals surface area contributed by atoms with Gasteiger partial charge in [-0.25, -0.2) is 4.79 Å². The maximum Gasteiger partial charge on any atom is 0.327 e. The molecular weight excluding hydrogens is 302 g/mol. The lowest BCUT2D eigenvalue weighted by Gasteiger charge is -2.30. The molecule has 5 nitrogen and oxygen atoms in total. The van der Waals surface area contributed by atoms with E-state index in [9.17, 15) is 14.7 Å². The molecule has 0 spiro atoms. The summed E-state index contributed by atoms with van der Waals surface area (Å²) in [6, 6.07) is 9.06. The minimum atomic E-state index is -1.02. The molecule has 0 aromatic heterocycles. The lowest BCUT2D eigenvalue weighted by molar-refractivity contribution is -0.142. The first kappa shape index (κ1) is 16.8. The van der Waals surface area contributed by atoms with Crippen molar-refractivity contribution in [2.24, 2.45) is 0 Å². The largest absolute Gasteiger partial charge is 0.480 e. The molecule has 1 aromatic rings. The predicted octanol–water partition coefficient (Wildman–Crippen LogP) is 2.06. The van der Waals surface area contributed by atoms with E-state index in [1.54, 1.807) is 0 Å². The lowest BCUT2D eigenvalue weighted by atomic mass is 10.0. The monoisotopic (exact) mass is 323 g/mol. The molecule has 1 aliphatic heterocycles. The van der Waals surface area contributed by atoms with Crippen molar-refractivity contribution in [2.45, 2.75) is 42.9 Å². The number of carboxylic acid groups (broad SMARTS) is 1. The Kier molecular flexibility index (Phi) is 5.47. The number of carboxylic acids is 1. The fraction of sp³-hybridized carbons (Fsp3) is 0.500. The third-order valence-electron chi connectivity index (χ3n) is 3.57. The molecule has 6 heteroatoms. The van der Waals surface area contributed by atoms with Crippen molar-refractivity contribution in [2.75, 3.05) is 6.61 Å². The van der Waals surface area contributed by atoms with Crippen LogP contribution in [0.2, 0.25) is 0 Å². The highest BCUT2D eigenvalue weighted by molar-refractivity contribution is 8.01. The zero-order chi connectivity index (χ0) is 16.2. The Labute approximate surface area is 134 Å². The Bertz CT molecular complexity index is 532. The smallest absolute Gasteiger partial charge is 0.327 e. The van der Waals surface area contributed by atoms with Gasteiger partial charge in [0.25, 0.3) is 0 Å². The summed E-state index contributed by atoms with van der Waals surface area (Å²) in [6.07, 6.45) is 0.939. The van der Waals surface area contributed by atoms with Crippen LogP contribution in [0.1, 0.15) is 25.8 Å². The average Bonchev–Trinajstić information content (AvgIpc) is 2.55. The fourth-order valence-corrected chi connectivity index (χ4v) is 3.77. The van der Waals surface area contributed by atoms with Crippen LogP contribution in [0.25, 0.3) is 0 Å². The molecule has 0 radical (unpaired) electrons. The average molecular weight is 323 g/mol. The molecule has 22 heavy (non-hydrogen) atoms. The van der Waals surface area contributed by atoms with Gasteiger partial charge in [0.05, 0.1) is 13.0 Å². The molecule has 0 saturated carbocycles. The fourth-order valence-electron chi connectivity index (χ4n) is 2.40. The third-order valence-corrected chi connectivity index (χ3v) is 4.98. The second-order valence-corrected chi connectivity index (χ2v) is 7.61. The molecule has 2 N–H and O–H groups in total. The van der Waals surface area contributed by atoms with Crippen LogP contribution in [0.5, 0.6) is 0 Å². The van der Waals surface area contributed by atoms with E-state index in [-0.39, 0.29) is 17.8 Å². The molecular formula is C16H21NO4S. The van der Waals surface area contributed by atoms with Crippen LogP contribution in [0.3, 0.4) is 0 Å². The van der Waals surface area contributed by atoms with E-state index in [0.717, 1.165) is 6.42 Å². The number of amides is 1.